The number of carbonyl (C=O) groups is 2. The Hall–Kier alpha value is -2.15. The van der Waals surface area contributed by atoms with Gasteiger partial charge in [-0.1, -0.05) is 19.3 Å². The predicted octanol–water partition coefficient (Wildman–Crippen LogP) is 3.78. The summed E-state index contributed by atoms with van der Waals surface area (Å²) >= 11 is 0. The van der Waals surface area contributed by atoms with Crippen molar-refractivity contribution in [3.8, 4) is 0 Å². The second-order valence-corrected chi connectivity index (χ2v) is 6.44. The van der Waals surface area contributed by atoms with E-state index in [9.17, 15) is 9.59 Å². The molecule has 2 aromatic rings. The highest BCUT2D eigenvalue weighted by atomic mass is 35.5. The van der Waals surface area contributed by atoms with Crippen LogP contribution in [0.4, 0.5) is 11.4 Å². The number of nitrogens with one attached hydrogen (secondary N) is 2. The van der Waals surface area contributed by atoms with E-state index in [2.05, 4.69) is 15.6 Å². The van der Waals surface area contributed by atoms with Gasteiger partial charge in [0.1, 0.15) is 0 Å². The Morgan fingerprint density at radius 3 is 2.19 bits per heavy atom. The minimum absolute atomic E-state index is 0. The molecule has 1 aromatic carbocycles. The van der Waals surface area contributed by atoms with Crippen LogP contribution in [0.2, 0.25) is 0 Å². The van der Waals surface area contributed by atoms with Gasteiger partial charge in [-0.3, -0.25) is 14.6 Å². The Morgan fingerprint density at radius 1 is 0.926 bits per heavy atom. The minimum Gasteiger partial charge on any atom is -0.324 e. The first kappa shape index (κ1) is 22.9. The summed E-state index contributed by atoms with van der Waals surface area (Å²) in [6.45, 7) is 0. The van der Waals surface area contributed by atoms with Crippen LogP contribution >= 0.6 is 24.8 Å². The minimum atomic E-state index is -0.783. The molecule has 0 aliphatic heterocycles. The van der Waals surface area contributed by atoms with Gasteiger partial charge in [-0.2, -0.15) is 0 Å². The normalized spacial score (nSPS) is 14.9. The molecular weight excluding hydrogens is 387 g/mol. The van der Waals surface area contributed by atoms with Crippen LogP contribution in [0.1, 0.15) is 42.5 Å². The fourth-order valence-electron chi connectivity index (χ4n) is 3.01. The lowest BCUT2D eigenvalue weighted by Crippen LogP contribution is -2.52. The van der Waals surface area contributed by atoms with Gasteiger partial charge in [0, 0.05) is 17.4 Å². The summed E-state index contributed by atoms with van der Waals surface area (Å²) < 4.78 is 0. The van der Waals surface area contributed by atoms with Crippen LogP contribution < -0.4 is 16.4 Å². The number of benzene rings is 1. The molecule has 27 heavy (non-hydrogen) atoms. The number of anilines is 2. The molecule has 3 rings (SSSR count). The Labute approximate surface area is 171 Å². The second kappa shape index (κ2) is 10.3. The summed E-state index contributed by atoms with van der Waals surface area (Å²) in [7, 11) is 0. The van der Waals surface area contributed by atoms with Crippen molar-refractivity contribution in [2.24, 2.45) is 5.73 Å². The average molecular weight is 411 g/mol. The van der Waals surface area contributed by atoms with Gasteiger partial charge in [-0.25, -0.2) is 0 Å². The van der Waals surface area contributed by atoms with Crippen molar-refractivity contribution in [1.82, 2.24) is 4.98 Å². The second-order valence-electron chi connectivity index (χ2n) is 6.44. The first-order valence-electron chi connectivity index (χ1n) is 8.49. The molecule has 2 amide bonds. The summed E-state index contributed by atoms with van der Waals surface area (Å²) in [5.74, 6) is -0.381. The number of nitrogens with two attached hydrogens (primary N) is 1. The molecule has 1 aliphatic rings. The third kappa shape index (κ3) is 5.92. The van der Waals surface area contributed by atoms with Crippen LogP contribution in [0, 0.1) is 0 Å². The quantitative estimate of drug-likeness (QED) is 0.713. The number of hydrogen-bond acceptors (Lipinski definition) is 4. The third-order valence-corrected chi connectivity index (χ3v) is 4.52. The van der Waals surface area contributed by atoms with Crippen molar-refractivity contribution < 1.29 is 9.59 Å². The van der Waals surface area contributed by atoms with Crippen LogP contribution in [0.5, 0.6) is 0 Å². The summed E-state index contributed by atoms with van der Waals surface area (Å²) in [5, 5.41) is 5.63. The van der Waals surface area contributed by atoms with E-state index in [1.807, 2.05) is 0 Å². The fraction of sp³-hybridized carbons (Fsp3) is 0.316. The largest absolute Gasteiger partial charge is 0.324 e. The van der Waals surface area contributed by atoms with Gasteiger partial charge < -0.3 is 16.4 Å². The van der Waals surface area contributed by atoms with Crippen molar-refractivity contribution in [1.29, 1.82) is 0 Å². The van der Waals surface area contributed by atoms with Gasteiger partial charge in [0.05, 0.1) is 17.4 Å². The SMILES string of the molecule is Cl.Cl.NC1(C(=O)Nc2ccc(C(=O)Nc3cccnc3)cc2)CCCCC1. The first-order valence-corrected chi connectivity index (χ1v) is 8.49. The number of amides is 2. The zero-order chi connectivity index (χ0) is 17.7. The Morgan fingerprint density at radius 2 is 1.59 bits per heavy atom. The van der Waals surface area contributed by atoms with Gasteiger partial charge in [-0.05, 0) is 49.2 Å². The molecule has 0 unspecified atom stereocenters. The highest BCUT2D eigenvalue weighted by Crippen LogP contribution is 2.27. The molecule has 146 valence electrons. The molecular formula is C19H24Cl2N4O2. The lowest BCUT2D eigenvalue weighted by molar-refractivity contribution is -0.122. The van der Waals surface area contributed by atoms with Crippen molar-refractivity contribution in [3.05, 3.63) is 54.4 Å². The molecule has 1 heterocycles. The number of halogens is 2. The van der Waals surface area contributed by atoms with Gasteiger partial charge >= 0.3 is 0 Å². The number of pyridine rings is 1. The third-order valence-electron chi connectivity index (χ3n) is 4.52. The summed E-state index contributed by atoms with van der Waals surface area (Å²) in [4.78, 5) is 28.6. The maximum absolute atomic E-state index is 12.4. The van der Waals surface area contributed by atoms with Crippen LogP contribution in [-0.2, 0) is 4.79 Å². The van der Waals surface area contributed by atoms with E-state index in [1.54, 1.807) is 48.8 Å². The fourth-order valence-corrected chi connectivity index (χ4v) is 3.01. The lowest BCUT2D eigenvalue weighted by atomic mass is 9.82. The molecule has 0 bridgehead atoms. The first-order chi connectivity index (χ1) is 12.1. The van der Waals surface area contributed by atoms with Crippen molar-refractivity contribution >= 4 is 48.0 Å². The van der Waals surface area contributed by atoms with Gasteiger partial charge in [-0.15, -0.1) is 24.8 Å². The standard InChI is InChI=1S/C19H22N4O2.2ClH/c20-19(10-2-1-3-11-19)18(25)23-15-8-6-14(7-9-15)17(24)22-16-5-4-12-21-13-16;;/h4-9,12-13H,1-3,10-11,20H2,(H,22,24)(H,23,25);2*1H. The van der Waals surface area contributed by atoms with E-state index < -0.39 is 5.54 Å². The van der Waals surface area contributed by atoms with Gasteiger partial charge in [0.25, 0.3) is 5.91 Å². The van der Waals surface area contributed by atoms with Crippen LogP contribution in [0.3, 0.4) is 0 Å². The zero-order valence-electron chi connectivity index (χ0n) is 14.8. The molecule has 0 atom stereocenters. The molecule has 4 N–H and O–H groups in total. The molecule has 1 saturated carbocycles. The lowest BCUT2D eigenvalue weighted by Gasteiger charge is -2.31. The van der Waals surface area contributed by atoms with Crippen molar-refractivity contribution in [2.45, 2.75) is 37.6 Å². The van der Waals surface area contributed by atoms with E-state index >= 15 is 0 Å². The zero-order valence-corrected chi connectivity index (χ0v) is 16.4. The molecule has 0 radical (unpaired) electrons. The summed E-state index contributed by atoms with van der Waals surface area (Å²) in [5.41, 5.74) is 7.22. The molecule has 1 aromatic heterocycles. The average Bonchev–Trinajstić information content (AvgIpc) is 2.64. The van der Waals surface area contributed by atoms with Crippen LogP contribution in [0.25, 0.3) is 0 Å². The number of aromatic nitrogens is 1. The van der Waals surface area contributed by atoms with Crippen LogP contribution in [-0.4, -0.2) is 22.3 Å². The molecule has 6 nitrogen and oxygen atoms in total. The van der Waals surface area contributed by atoms with E-state index in [0.717, 1.165) is 19.3 Å². The molecule has 8 heteroatoms. The number of rotatable bonds is 4. The van der Waals surface area contributed by atoms with Crippen molar-refractivity contribution in [3.63, 3.8) is 0 Å². The van der Waals surface area contributed by atoms with Crippen LogP contribution in [0.15, 0.2) is 48.8 Å². The Balaban J connectivity index is 0.00000182. The maximum Gasteiger partial charge on any atom is 0.255 e. The van der Waals surface area contributed by atoms with Gasteiger partial charge in [0.15, 0.2) is 0 Å². The highest BCUT2D eigenvalue weighted by molar-refractivity contribution is 6.04. The number of hydrogen-bond donors (Lipinski definition) is 3. The number of carbonyl (C=O) groups excluding carboxylic acids is 2. The number of nitrogens with zero attached hydrogens (tertiary/aromatic N) is 1. The molecule has 1 aliphatic carbocycles. The molecule has 0 spiro atoms. The van der Waals surface area contributed by atoms with E-state index in [-0.39, 0.29) is 36.6 Å². The van der Waals surface area contributed by atoms with E-state index in [0.29, 0.717) is 29.8 Å². The predicted molar refractivity (Wildman–Crippen MR) is 112 cm³/mol. The van der Waals surface area contributed by atoms with Crippen molar-refractivity contribution in [2.75, 3.05) is 10.6 Å². The summed E-state index contributed by atoms with van der Waals surface area (Å²) in [6, 6.07) is 10.3. The maximum atomic E-state index is 12.4. The van der Waals surface area contributed by atoms with E-state index in [4.69, 9.17) is 5.73 Å². The Kier molecular flexibility index (Phi) is 8.69. The topological polar surface area (TPSA) is 97.1 Å². The Bertz CT molecular complexity index is 748. The smallest absolute Gasteiger partial charge is 0.255 e. The molecule has 0 saturated heterocycles. The van der Waals surface area contributed by atoms with E-state index in [1.165, 1.54) is 0 Å². The highest BCUT2D eigenvalue weighted by Gasteiger charge is 2.35. The van der Waals surface area contributed by atoms with Gasteiger partial charge in [0.2, 0.25) is 5.91 Å². The monoisotopic (exact) mass is 410 g/mol. The molecule has 1 fully saturated rings. The summed E-state index contributed by atoms with van der Waals surface area (Å²) in [6.07, 6.45) is 7.75.